The van der Waals surface area contributed by atoms with Crippen LogP contribution in [0.25, 0.3) is 0 Å². The number of primary sulfonamides is 1. The highest BCUT2D eigenvalue weighted by Crippen LogP contribution is 2.19. The van der Waals surface area contributed by atoms with E-state index in [2.05, 4.69) is 0 Å². The molecule has 0 fully saturated rings. The zero-order chi connectivity index (χ0) is 13.6. The monoisotopic (exact) mass is 277 g/mol. The van der Waals surface area contributed by atoms with Gasteiger partial charge >= 0.3 is 0 Å². The molecule has 0 aliphatic heterocycles. The van der Waals surface area contributed by atoms with Crippen molar-refractivity contribution >= 4 is 10.0 Å². The Morgan fingerprint density at radius 3 is 2.67 bits per heavy atom. The summed E-state index contributed by atoms with van der Waals surface area (Å²) in [5.41, 5.74) is 0.502. The van der Waals surface area contributed by atoms with E-state index < -0.39 is 15.8 Å². The lowest BCUT2D eigenvalue weighted by Gasteiger charge is -2.08. The lowest BCUT2D eigenvalue weighted by molar-refractivity contribution is 0.109. The summed E-state index contributed by atoms with van der Waals surface area (Å²) in [6.07, 6.45) is 0. The number of benzene rings is 1. The molecule has 18 heavy (non-hydrogen) atoms. The highest BCUT2D eigenvalue weighted by atomic mass is 32.2. The third-order valence-corrected chi connectivity index (χ3v) is 2.89. The Labute approximate surface area is 106 Å². The van der Waals surface area contributed by atoms with E-state index in [1.54, 1.807) is 19.1 Å². The third-order valence-electron chi connectivity index (χ3n) is 2.15. The normalized spacial score (nSPS) is 11.5. The number of halogens is 1. The van der Waals surface area contributed by atoms with Crippen LogP contribution in [0.1, 0.15) is 5.56 Å². The molecule has 5 nitrogen and oxygen atoms in total. The van der Waals surface area contributed by atoms with E-state index in [1.165, 1.54) is 6.07 Å². The van der Waals surface area contributed by atoms with Crippen molar-refractivity contribution in [2.24, 2.45) is 5.14 Å². The van der Waals surface area contributed by atoms with Gasteiger partial charge in [-0.3, -0.25) is 0 Å². The predicted octanol–water partition coefficient (Wildman–Crippen LogP) is 0.818. The minimum Gasteiger partial charge on any atom is -0.488 e. The summed E-state index contributed by atoms with van der Waals surface area (Å²) in [4.78, 5) is 0. The zero-order valence-electron chi connectivity index (χ0n) is 10.1. The van der Waals surface area contributed by atoms with Gasteiger partial charge in [0.15, 0.2) is 11.6 Å². The fraction of sp³-hybridized carbons (Fsp3) is 0.455. The van der Waals surface area contributed by atoms with Gasteiger partial charge in [-0.1, -0.05) is 12.1 Å². The average Bonchev–Trinajstić information content (AvgIpc) is 2.27. The molecule has 1 aromatic carbocycles. The Morgan fingerprint density at radius 1 is 1.28 bits per heavy atom. The van der Waals surface area contributed by atoms with Crippen molar-refractivity contribution in [3.63, 3.8) is 0 Å². The van der Waals surface area contributed by atoms with Crippen LogP contribution in [0.15, 0.2) is 18.2 Å². The summed E-state index contributed by atoms with van der Waals surface area (Å²) >= 11 is 0. The molecule has 102 valence electrons. The number of ether oxygens (including phenoxy) is 2. The fourth-order valence-electron chi connectivity index (χ4n) is 1.22. The van der Waals surface area contributed by atoms with Gasteiger partial charge < -0.3 is 9.47 Å². The van der Waals surface area contributed by atoms with Crippen LogP contribution in [-0.4, -0.2) is 34.0 Å². The SMILES string of the molecule is Cc1cccc(OCCOCCS(N)(=O)=O)c1F. The smallest absolute Gasteiger partial charge is 0.211 e. The molecule has 1 rings (SSSR count). The summed E-state index contributed by atoms with van der Waals surface area (Å²) in [7, 11) is -3.50. The van der Waals surface area contributed by atoms with Crippen LogP contribution in [-0.2, 0) is 14.8 Å². The Kier molecular flexibility index (Phi) is 5.52. The summed E-state index contributed by atoms with van der Waals surface area (Å²) in [6, 6.07) is 4.85. The third kappa shape index (κ3) is 5.44. The Hall–Kier alpha value is -1.18. The first-order valence-electron chi connectivity index (χ1n) is 5.36. The van der Waals surface area contributed by atoms with E-state index in [0.717, 1.165) is 0 Å². The number of sulfonamides is 1. The van der Waals surface area contributed by atoms with Gasteiger partial charge in [-0.15, -0.1) is 0 Å². The molecule has 0 heterocycles. The largest absolute Gasteiger partial charge is 0.488 e. The second kappa shape index (κ2) is 6.67. The number of aryl methyl sites for hydroxylation is 1. The van der Waals surface area contributed by atoms with Crippen LogP contribution in [0.4, 0.5) is 4.39 Å². The number of hydrogen-bond acceptors (Lipinski definition) is 4. The van der Waals surface area contributed by atoms with E-state index in [-0.39, 0.29) is 31.3 Å². The van der Waals surface area contributed by atoms with Crippen molar-refractivity contribution in [1.82, 2.24) is 0 Å². The lowest BCUT2D eigenvalue weighted by atomic mass is 10.2. The maximum Gasteiger partial charge on any atom is 0.211 e. The van der Waals surface area contributed by atoms with Crippen LogP contribution < -0.4 is 9.88 Å². The summed E-state index contributed by atoms with van der Waals surface area (Å²) in [5.74, 6) is -0.488. The van der Waals surface area contributed by atoms with Crippen LogP contribution in [0, 0.1) is 12.7 Å². The van der Waals surface area contributed by atoms with E-state index in [4.69, 9.17) is 14.6 Å². The molecule has 1 aromatic rings. The molecular formula is C11H16FNO4S. The molecule has 0 aliphatic rings. The van der Waals surface area contributed by atoms with E-state index in [9.17, 15) is 12.8 Å². The molecule has 0 unspecified atom stereocenters. The van der Waals surface area contributed by atoms with Crippen LogP contribution in [0.3, 0.4) is 0 Å². The molecule has 0 bridgehead atoms. The molecule has 2 N–H and O–H groups in total. The zero-order valence-corrected chi connectivity index (χ0v) is 10.9. The molecule has 0 aromatic heterocycles. The van der Waals surface area contributed by atoms with Crippen LogP contribution in [0.5, 0.6) is 5.75 Å². The quantitative estimate of drug-likeness (QED) is 0.748. The topological polar surface area (TPSA) is 78.6 Å². The summed E-state index contributed by atoms with van der Waals surface area (Å²) in [6.45, 7) is 1.96. The molecule has 0 amide bonds. The highest BCUT2D eigenvalue weighted by molar-refractivity contribution is 7.89. The van der Waals surface area contributed by atoms with Gasteiger partial charge in [0.05, 0.1) is 19.0 Å². The molecular weight excluding hydrogens is 261 g/mol. The number of hydrogen-bond donors (Lipinski definition) is 1. The Morgan fingerprint density at radius 2 is 2.00 bits per heavy atom. The van der Waals surface area contributed by atoms with Gasteiger partial charge in [0.1, 0.15) is 6.61 Å². The maximum absolute atomic E-state index is 13.5. The molecule has 0 spiro atoms. The van der Waals surface area contributed by atoms with Crippen molar-refractivity contribution < 1.29 is 22.3 Å². The van der Waals surface area contributed by atoms with Gasteiger partial charge in [0, 0.05) is 0 Å². The summed E-state index contributed by atoms with van der Waals surface area (Å²) < 4.78 is 44.8. The van der Waals surface area contributed by atoms with Crippen molar-refractivity contribution in [2.45, 2.75) is 6.92 Å². The van der Waals surface area contributed by atoms with Crippen molar-refractivity contribution in [3.8, 4) is 5.75 Å². The maximum atomic E-state index is 13.5. The molecule has 7 heteroatoms. The van der Waals surface area contributed by atoms with Crippen LogP contribution in [0.2, 0.25) is 0 Å². The minimum atomic E-state index is -3.50. The molecule has 0 atom stereocenters. The standard InChI is InChI=1S/C11H16FNO4S/c1-9-3-2-4-10(11(9)12)17-6-5-16-7-8-18(13,14)15/h2-4H,5-8H2,1H3,(H2,13,14,15). The first kappa shape index (κ1) is 14.9. The Bertz CT molecular complexity index is 490. The van der Waals surface area contributed by atoms with Gasteiger partial charge in [0.25, 0.3) is 0 Å². The van der Waals surface area contributed by atoms with E-state index in [0.29, 0.717) is 5.56 Å². The molecule has 0 saturated heterocycles. The molecule has 0 radical (unpaired) electrons. The highest BCUT2D eigenvalue weighted by Gasteiger charge is 2.05. The van der Waals surface area contributed by atoms with Gasteiger partial charge in [-0.25, -0.2) is 17.9 Å². The van der Waals surface area contributed by atoms with E-state index in [1.807, 2.05) is 0 Å². The van der Waals surface area contributed by atoms with E-state index >= 15 is 0 Å². The van der Waals surface area contributed by atoms with Gasteiger partial charge in [-0.05, 0) is 18.6 Å². The predicted molar refractivity (Wildman–Crippen MR) is 65.4 cm³/mol. The second-order valence-corrected chi connectivity index (χ2v) is 5.45. The number of rotatable bonds is 7. The first-order valence-corrected chi connectivity index (χ1v) is 7.08. The average molecular weight is 277 g/mol. The molecule has 0 saturated carbocycles. The second-order valence-electron chi connectivity index (χ2n) is 3.71. The van der Waals surface area contributed by atoms with Crippen LogP contribution >= 0.6 is 0 Å². The lowest BCUT2D eigenvalue weighted by Crippen LogP contribution is -2.21. The Balaban J connectivity index is 2.24. The van der Waals surface area contributed by atoms with Crippen molar-refractivity contribution in [1.29, 1.82) is 0 Å². The number of nitrogens with two attached hydrogens (primary N) is 1. The molecule has 0 aliphatic carbocycles. The summed E-state index contributed by atoms with van der Waals surface area (Å²) in [5, 5.41) is 4.79. The van der Waals surface area contributed by atoms with Crippen molar-refractivity contribution in [3.05, 3.63) is 29.6 Å². The van der Waals surface area contributed by atoms with Crippen molar-refractivity contribution in [2.75, 3.05) is 25.6 Å². The minimum absolute atomic E-state index is 0.00150. The van der Waals surface area contributed by atoms with Gasteiger partial charge in [-0.2, -0.15) is 0 Å². The fourth-order valence-corrected chi connectivity index (χ4v) is 1.57. The van der Waals surface area contributed by atoms with Gasteiger partial charge in [0.2, 0.25) is 10.0 Å². The first-order chi connectivity index (χ1) is 8.40.